The molecule has 5 heteroatoms. The minimum absolute atomic E-state index is 0.0722. The molecule has 0 aliphatic carbocycles. The first kappa shape index (κ1) is 14.9. The Hall–Kier alpha value is -1.11. The smallest absolute Gasteiger partial charge is 0.303 e. The van der Waals surface area contributed by atoms with Crippen LogP contribution in [0, 0.1) is 3.57 Å². The molecule has 0 aliphatic heterocycles. The normalized spacial score (nSPS) is 11.9. The monoisotopic (exact) mass is 361 g/mol. The van der Waals surface area contributed by atoms with E-state index in [0.29, 0.717) is 12.8 Å². The Morgan fingerprint density at radius 1 is 1.39 bits per heavy atom. The average molecular weight is 361 g/mol. The summed E-state index contributed by atoms with van der Waals surface area (Å²) >= 11 is 2.20. The molecule has 0 heterocycles. The van der Waals surface area contributed by atoms with Gasteiger partial charge in [0.25, 0.3) is 0 Å². The molecule has 0 bridgehead atoms. The van der Waals surface area contributed by atoms with Gasteiger partial charge >= 0.3 is 5.97 Å². The molecule has 1 atom stereocenters. The van der Waals surface area contributed by atoms with Gasteiger partial charge in [-0.2, -0.15) is 0 Å². The number of nitrogens with one attached hydrogen (secondary N) is 1. The predicted molar refractivity (Wildman–Crippen MR) is 77.3 cm³/mol. The van der Waals surface area contributed by atoms with E-state index in [2.05, 4.69) is 27.9 Å². The van der Waals surface area contributed by atoms with E-state index < -0.39 is 5.97 Å². The van der Waals surface area contributed by atoms with Crippen LogP contribution in [0.25, 0.3) is 0 Å². The van der Waals surface area contributed by atoms with Crippen molar-refractivity contribution in [3.8, 4) is 0 Å². The van der Waals surface area contributed by atoms with Crippen molar-refractivity contribution in [1.82, 2.24) is 5.32 Å². The third-order valence-corrected chi connectivity index (χ3v) is 3.56. The van der Waals surface area contributed by atoms with Crippen LogP contribution in [0.2, 0.25) is 0 Å². The molecule has 0 fully saturated rings. The van der Waals surface area contributed by atoms with Crippen LogP contribution in [0.5, 0.6) is 0 Å². The third kappa shape index (κ3) is 5.48. The number of amides is 1. The largest absolute Gasteiger partial charge is 0.481 e. The number of hydrogen-bond donors (Lipinski definition) is 2. The molecule has 1 aromatic carbocycles. The Morgan fingerprint density at radius 3 is 2.67 bits per heavy atom. The lowest BCUT2D eigenvalue weighted by atomic mass is 10.1. The number of rotatable bonds is 6. The summed E-state index contributed by atoms with van der Waals surface area (Å²) in [6.45, 7) is 1.82. The maximum atomic E-state index is 11.8. The fraction of sp³-hybridized carbons (Fsp3) is 0.385. The van der Waals surface area contributed by atoms with Gasteiger partial charge in [-0.15, -0.1) is 0 Å². The molecule has 0 spiro atoms. The highest BCUT2D eigenvalue weighted by Crippen LogP contribution is 2.12. The van der Waals surface area contributed by atoms with Crippen LogP contribution in [-0.2, 0) is 16.0 Å². The second-order valence-electron chi connectivity index (χ2n) is 4.17. The van der Waals surface area contributed by atoms with Gasteiger partial charge < -0.3 is 10.4 Å². The zero-order valence-corrected chi connectivity index (χ0v) is 12.3. The summed E-state index contributed by atoms with van der Waals surface area (Å²) in [5.41, 5.74) is 0.987. The van der Waals surface area contributed by atoms with E-state index in [4.69, 9.17) is 5.11 Å². The fourth-order valence-electron chi connectivity index (χ4n) is 1.55. The molecule has 1 unspecified atom stereocenters. The van der Waals surface area contributed by atoms with Crippen LogP contribution in [0.15, 0.2) is 24.3 Å². The van der Waals surface area contributed by atoms with Gasteiger partial charge in [-0.1, -0.05) is 18.2 Å². The highest BCUT2D eigenvalue weighted by atomic mass is 127. The maximum Gasteiger partial charge on any atom is 0.303 e. The van der Waals surface area contributed by atoms with Crippen molar-refractivity contribution >= 4 is 34.5 Å². The Bertz CT molecular complexity index is 434. The van der Waals surface area contributed by atoms with Gasteiger partial charge in [-0.05, 0) is 47.6 Å². The van der Waals surface area contributed by atoms with E-state index in [1.54, 1.807) is 0 Å². The first-order valence-electron chi connectivity index (χ1n) is 5.73. The minimum Gasteiger partial charge on any atom is -0.481 e. The van der Waals surface area contributed by atoms with E-state index in [0.717, 1.165) is 9.13 Å². The third-order valence-electron chi connectivity index (χ3n) is 2.51. The van der Waals surface area contributed by atoms with E-state index >= 15 is 0 Å². The van der Waals surface area contributed by atoms with Crippen molar-refractivity contribution in [3.05, 3.63) is 33.4 Å². The SMILES string of the molecule is CC(CCC(=O)O)NC(=O)Cc1ccccc1I. The van der Waals surface area contributed by atoms with Crippen LogP contribution in [-0.4, -0.2) is 23.0 Å². The van der Waals surface area contributed by atoms with Crippen LogP contribution in [0.1, 0.15) is 25.3 Å². The molecular formula is C13H16INO3. The minimum atomic E-state index is -0.839. The standard InChI is InChI=1S/C13H16INO3/c1-9(6-7-13(17)18)15-12(16)8-10-4-2-3-5-11(10)14/h2-5,9H,6-8H2,1H3,(H,15,16)(H,17,18). The van der Waals surface area contributed by atoms with E-state index in [1.807, 2.05) is 31.2 Å². The molecular weight excluding hydrogens is 345 g/mol. The first-order valence-corrected chi connectivity index (χ1v) is 6.81. The van der Waals surface area contributed by atoms with E-state index in [9.17, 15) is 9.59 Å². The molecule has 2 N–H and O–H groups in total. The average Bonchev–Trinajstić information content (AvgIpc) is 2.29. The van der Waals surface area contributed by atoms with Crippen LogP contribution >= 0.6 is 22.6 Å². The van der Waals surface area contributed by atoms with Crippen LogP contribution < -0.4 is 5.32 Å². The molecule has 1 aromatic rings. The number of carboxylic acid groups (broad SMARTS) is 1. The van der Waals surface area contributed by atoms with Gasteiger partial charge in [-0.3, -0.25) is 9.59 Å². The highest BCUT2D eigenvalue weighted by Gasteiger charge is 2.10. The van der Waals surface area contributed by atoms with Crippen molar-refractivity contribution in [2.24, 2.45) is 0 Å². The zero-order valence-electron chi connectivity index (χ0n) is 10.1. The van der Waals surface area contributed by atoms with E-state index in [1.165, 1.54) is 0 Å². The maximum absolute atomic E-state index is 11.8. The lowest BCUT2D eigenvalue weighted by Crippen LogP contribution is -2.34. The van der Waals surface area contributed by atoms with Gasteiger partial charge in [-0.25, -0.2) is 0 Å². The Labute approximate surface area is 120 Å². The topological polar surface area (TPSA) is 66.4 Å². The van der Waals surface area contributed by atoms with Gasteiger partial charge in [0, 0.05) is 16.0 Å². The summed E-state index contributed by atoms with van der Waals surface area (Å²) in [7, 11) is 0. The van der Waals surface area contributed by atoms with Crippen molar-refractivity contribution in [3.63, 3.8) is 0 Å². The molecule has 0 saturated heterocycles. The van der Waals surface area contributed by atoms with Gasteiger partial charge in [0.2, 0.25) is 5.91 Å². The summed E-state index contributed by atoms with van der Waals surface area (Å²) in [4.78, 5) is 22.2. The van der Waals surface area contributed by atoms with Crippen LogP contribution in [0.3, 0.4) is 0 Å². The van der Waals surface area contributed by atoms with Crippen molar-refractivity contribution in [2.45, 2.75) is 32.2 Å². The summed E-state index contributed by atoms with van der Waals surface area (Å²) in [5.74, 6) is -0.911. The fourth-order valence-corrected chi connectivity index (χ4v) is 2.13. The molecule has 0 saturated carbocycles. The quantitative estimate of drug-likeness (QED) is 0.764. The number of hydrogen-bond acceptors (Lipinski definition) is 2. The lowest BCUT2D eigenvalue weighted by molar-refractivity contribution is -0.137. The number of carbonyl (C=O) groups is 2. The van der Waals surface area contributed by atoms with Gasteiger partial charge in [0.1, 0.15) is 0 Å². The Balaban J connectivity index is 2.42. The number of carbonyl (C=O) groups excluding carboxylic acids is 1. The van der Waals surface area contributed by atoms with E-state index in [-0.39, 0.29) is 18.4 Å². The van der Waals surface area contributed by atoms with Crippen molar-refractivity contribution in [2.75, 3.05) is 0 Å². The molecule has 4 nitrogen and oxygen atoms in total. The van der Waals surface area contributed by atoms with Crippen LogP contribution in [0.4, 0.5) is 0 Å². The lowest BCUT2D eigenvalue weighted by Gasteiger charge is -2.13. The molecule has 1 amide bonds. The second kappa shape index (κ2) is 7.35. The summed E-state index contributed by atoms with van der Waals surface area (Å²) in [6, 6.07) is 7.59. The number of benzene rings is 1. The zero-order chi connectivity index (χ0) is 13.5. The predicted octanol–water partition coefficient (Wildman–Crippen LogP) is 2.20. The second-order valence-corrected chi connectivity index (χ2v) is 5.33. The molecule has 0 radical (unpaired) electrons. The molecule has 0 aliphatic rings. The summed E-state index contributed by atoms with van der Waals surface area (Å²) in [6.07, 6.45) is 0.855. The van der Waals surface area contributed by atoms with Crippen molar-refractivity contribution in [1.29, 1.82) is 0 Å². The number of aliphatic carboxylic acids is 1. The molecule has 0 aromatic heterocycles. The summed E-state index contributed by atoms with van der Waals surface area (Å²) < 4.78 is 1.06. The number of halogens is 1. The first-order chi connectivity index (χ1) is 8.49. The summed E-state index contributed by atoms with van der Waals surface area (Å²) in [5, 5.41) is 11.4. The Morgan fingerprint density at radius 2 is 2.06 bits per heavy atom. The number of carboxylic acids is 1. The molecule has 1 rings (SSSR count). The van der Waals surface area contributed by atoms with Gasteiger partial charge in [0.05, 0.1) is 6.42 Å². The highest BCUT2D eigenvalue weighted by molar-refractivity contribution is 14.1. The molecule has 18 heavy (non-hydrogen) atoms. The van der Waals surface area contributed by atoms with Gasteiger partial charge in [0.15, 0.2) is 0 Å². The van der Waals surface area contributed by atoms with Crippen molar-refractivity contribution < 1.29 is 14.7 Å². The molecule has 98 valence electrons. The Kier molecular flexibility index (Phi) is 6.11.